The Bertz CT molecular complexity index is 1470. The molecule has 38 heavy (non-hydrogen) atoms. The summed E-state index contributed by atoms with van der Waals surface area (Å²) in [5.74, 6) is -1.49. The Kier molecular flexibility index (Phi) is 8.86. The monoisotopic (exact) mass is 575 g/mol. The van der Waals surface area contributed by atoms with Gasteiger partial charge >= 0.3 is 0 Å². The Morgan fingerprint density at radius 1 is 0.974 bits per heavy atom. The Morgan fingerprint density at radius 2 is 1.68 bits per heavy atom. The van der Waals surface area contributed by atoms with Crippen LogP contribution in [0.25, 0.3) is 10.8 Å². The summed E-state index contributed by atoms with van der Waals surface area (Å²) in [6.45, 7) is 3.93. The third-order valence-electron chi connectivity index (χ3n) is 5.96. The molecule has 4 rings (SSSR count). The summed E-state index contributed by atoms with van der Waals surface area (Å²) in [6.07, 6.45) is 1.53. The Hall–Kier alpha value is -4.04. The molecule has 4 aromatic carbocycles. The van der Waals surface area contributed by atoms with Crippen molar-refractivity contribution >= 4 is 44.7 Å². The zero-order valence-corrected chi connectivity index (χ0v) is 22.5. The number of nitrogens with one attached hydrogen (secondary N) is 2. The number of nitrogens with zero attached hydrogens (tertiary/aromatic N) is 1. The standard InChI is InChI=1S/C30H27BrFN3O3/c1-19(2)28(34-29(36)24-9-5-6-10-26(24)32)30(37)35-33-17-25-23-8-4-3-7-21(23)13-16-27(25)38-18-20-11-14-22(31)15-12-20/h3-17,19,28H,18H2,1-2H3,(H,34,36)(H,35,37). The van der Waals surface area contributed by atoms with Crippen LogP contribution < -0.4 is 15.5 Å². The van der Waals surface area contributed by atoms with Crippen molar-refractivity contribution < 1.29 is 18.7 Å². The van der Waals surface area contributed by atoms with E-state index < -0.39 is 23.7 Å². The zero-order chi connectivity index (χ0) is 27.1. The minimum atomic E-state index is -0.917. The van der Waals surface area contributed by atoms with Crippen LogP contribution in [0, 0.1) is 11.7 Å². The number of amides is 2. The van der Waals surface area contributed by atoms with E-state index in [4.69, 9.17) is 4.74 Å². The Balaban J connectivity index is 1.52. The van der Waals surface area contributed by atoms with Crippen molar-refractivity contribution in [2.24, 2.45) is 11.0 Å². The highest BCUT2D eigenvalue weighted by Crippen LogP contribution is 2.27. The molecule has 0 aliphatic carbocycles. The van der Waals surface area contributed by atoms with Crippen LogP contribution in [-0.2, 0) is 11.4 Å². The number of halogens is 2. The van der Waals surface area contributed by atoms with Crippen LogP contribution in [0.1, 0.15) is 35.3 Å². The van der Waals surface area contributed by atoms with Gasteiger partial charge < -0.3 is 10.1 Å². The number of ether oxygens (including phenoxy) is 1. The summed E-state index contributed by atoms with van der Waals surface area (Å²) >= 11 is 3.43. The minimum absolute atomic E-state index is 0.127. The molecule has 2 N–H and O–H groups in total. The normalized spacial score (nSPS) is 12.0. The number of carbonyl (C=O) groups is 2. The highest BCUT2D eigenvalue weighted by molar-refractivity contribution is 9.10. The van der Waals surface area contributed by atoms with E-state index in [1.54, 1.807) is 19.9 Å². The van der Waals surface area contributed by atoms with Crippen molar-refractivity contribution in [2.45, 2.75) is 26.5 Å². The molecule has 0 aliphatic rings. The number of rotatable bonds is 9. The lowest BCUT2D eigenvalue weighted by Crippen LogP contribution is -2.48. The van der Waals surface area contributed by atoms with E-state index in [1.807, 2.05) is 60.7 Å². The molecule has 194 valence electrons. The summed E-state index contributed by atoms with van der Waals surface area (Å²) < 4.78 is 21.1. The molecule has 0 bridgehead atoms. The number of benzene rings is 4. The molecule has 0 aliphatic heterocycles. The van der Waals surface area contributed by atoms with Gasteiger partial charge in [-0.3, -0.25) is 9.59 Å². The molecule has 0 spiro atoms. The number of fused-ring (bicyclic) bond motifs is 1. The molecule has 0 aromatic heterocycles. The summed E-state index contributed by atoms with van der Waals surface area (Å²) in [4.78, 5) is 25.5. The maximum absolute atomic E-state index is 14.0. The average molecular weight is 576 g/mol. The van der Waals surface area contributed by atoms with Gasteiger partial charge in [-0.2, -0.15) is 5.10 Å². The van der Waals surface area contributed by atoms with E-state index in [1.165, 1.54) is 24.4 Å². The van der Waals surface area contributed by atoms with E-state index in [9.17, 15) is 14.0 Å². The van der Waals surface area contributed by atoms with Crippen molar-refractivity contribution in [1.29, 1.82) is 0 Å². The lowest BCUT2D eigenvalue weighted by molar-refractivity contribution is -0.123. The van der Waals surface area contributed by atoms with Gasteiger partial charge in [0.1, 0.15) is 24.2 Å². The molecule has 2 amide bonds. The van der Waals surface area contributed by atoms with Gasteiger partial charge in [0, 0.05) is 10.0 Å². The second-order valence-electron chi connectivity index (χ2n) is 9.02. The lowest BCUT2D eigenvalue weighted by atomic mass is 10.0. The highest BCUT2D eigenvalue weighted by Gasteiger charge is 2.25. The summed E-state index contributed by atoms with van der Waals surface area (Å²) in [5, 5.41) is 8.70. The molecule has 0 saturated heterocycles. The van der Waals surface area contributed by atoms with E-state index in [2.05, 4.69) is 31.8 Å². The van der Waals surface area contributed by atoms with Gasteiger partial charge in [0.05, 0.1) is 11.8 Å². The Morgan fingerprint density at radius 3 is 2.42 bits per heavy atom. The second-order valence-corrected chi connectivity index (χ2v) is 9.94. The first-order valence-electron chi connectivity index (χ1n) is 12.1. The predicted molar refractivity (Wildman–Crippen MR) is 151 cm³/mol. The lowest BCUT2D eigenvalue weighted by Gasteiger charge is -2.20. The fraction of sp³-hybridized carbons (Fsp3) is 0.167. The zero-order valence-electron chi connectivity index (χ0n) is 20.9. The smallest absolute Gasteiger partial charge is 0.262 e. The minimum Gasteiger partial charge on any atom is -0.488 e. The first kappa shape index (κ1) is 27.0. The van der Waals surface area contributed by atoms with Gasteiger partial charge in [-0.15, -0.1) is 0 Å². The number of hydrogen-bond donors (Lipinski definition) is 2. The highest BCUT2D eigenvalue weighted by atomic mass is 79.9. The fourth-order valence-corrected chi connectivity index (χ4v) is 4.17. The van der Waals surface area contributed by atoms with Crippen LogP contribution in [0.15, 0.2) is 94.5 Å². The Labute approximate surface area is 229 Å². The fourth-order valence-electron chi connectivity index (χ4n) is 3.91. The maximum atomic E-state index is 14.0. The van der Waals surface area contributed by atoms with Gasteiger partial charge in [-0.1, -0.05) is 84.4 Å². The molecule has 4 aromatic rings. The maximum Gasteiger partial charge on any atom is 0.262 e. The average Bonchev–Trinajstić information content (AvgIpc) is 2.91. The molecule has 0 radical (unpaired) electrons. The van der Waals surface area contributed by atoms with Crippen LogP contribution in [0.4, 0.5) is 4.39 Å². The van der Waals surface area contributed by atoms with Gasteiger partial charge in [-0.25, -0.2) is 9.82 Å². The topological polar surface area (TPSA) is 79.8 Å². The molecular weight excluding hydrogens is 549 g/mol. The van der Waals surface area contributed by atoms with Crippen LogP contribution in [-0.4, -0.2) is 24.1 Å². The van der Waals surface area contributed by atoms with E-state index >= 15 is 0 Å². The molecular formula is C30H27BrFN3O3. The summed E-state index contributed by atoms with van der Waals surface area (Å²) in [5.41, 5.74) is 4.10. The quantitative estimate of drug-likeness (QED) is 0.183. The van der Waals surface area contributed by atoms with Gasteiger partial charge in [0.25, 0.3) is 11.8 Å². The SMILES string of the molecule is CC(C)C(NC(=O)c1ccccc1F)C(=O)NN=Cc1c(OCc2ccc(Br)cc2)ccc2ccccc12. The van der Waals surface area contributed by atoms with Crippen molar-refractivity contribution in [1.82, 2.24) is 10.7 Å². The molecule has 0 heterocycles. The van der Waals surface area contributed by atoms with Crippen molar-refractivity contribution in [3.63, 3.8) is 0 Å². The first-order chi connectivity index (χ1) is 18.3. The summed E-state index contributed by atoms with van der Waals surface area (Å²) in [7, 11) is 0. The molecule has 1 unspecified atom stereocenters. The van der Waals surface area contributed by atoms with Crippen LogP contribution in [0.2, 0.25) is 0 Å². The van der Waals surface area contributed by atoms with Crippen molar-refractivity contribution in [2.75, 3.05) is 0 Å². The molecule has 0 saturated carbocycles. The molecule has 8 heteroatoms. The van der Waals surface area contributed by atoms with Crippen LogP contribution in [0.5, 0.6) is 5.75 Å². The van der Waals surface area contributed by atoms with Gasteiger partial charge in [0.15, 0.2) is 0 Å². The summed E-state index contributed by atoms with van der Waals surface area (Å²) in [6, 6.07) is 24.2. The van der Waals surface area contributed by atoms with Gasteiger partial charge in [-0.05, 0) is 52.6 Å². The number of carbonyl (C=O) groups excluding carboxylic acids is 2. The third-order valence-corrected chi connectivity index (χ3v) is 6.49. The molecule has 0 fully saturated rings. The third kappa shape index (κ3) is 6.63. The predicted octanol–water partition coefficient (Wildman–Crippen LogP) is 6.23. The second kappa shape index (κ2) is 12.5. The van der Waals surface area contributed by atoms with E-state index in [0.29, 0.717) is 17.9 Å². The first-order valence-corrected chi connectivity index (χ1v) is 12.9. The largest absolute Gasteiger partial charge is 0.488 e. The van der Waals surface area contributed by atoms with Crippen LogP contribution >= 0.6 is 15.9 Å². The van der Waals surface area contributed by atoms with Crippen LogP contribution in [0.3, 0.4) is 0 Å². The van der Waals surface area contributed by atoms with E-state index in [0.717, 1.165) is 20.8 Å². The van der Waals surface area contributed by atoms with E-state index in [-0.39, 0.29) is 11.5 Å². The van der Waals surface area contributed by atoms with Crippen molar-refractivity contribution in [3.05, 3.63) is 112 Å². The molecule has 1 atom stereocenters. The number of hydrazone groups is 1. The van der Waals surface area contributed by atoms with Crippen molar-refractivity contribution in [3.8, 4) is 5.75 Å². The van der Waals surface area contributed by atoms with Gasteiger partial charge in [0.2, 0.25) is 0 Å². The molecule has 6 nitrogen and oxygen atoms in total. The number of hydrogen-bond acceptors (Lipinski definition) is 4.